The Morgan fingerprint density at radius 3 is 2.62 bits per heavy atom. The number of hydrogen-bond acceptors (Lipinski definition) is 1. The molecule has 70 valence electrons. The molecule has 1 aromatic rings. The zero-order valence-corrected chi connectivity index (χ0v) is 8.62. The van der Waals surface area contributed by atoms with Gasteiger partial charge in [-0.15, -0.1) is 0 Å². The summed E-state index contributed by atoms with van der Waals surface area (Å²) in [7, 11) is 0. The maximum atomic E-state index is 2.53. The third kappa shape index (κ3) is 1.37. The largest absolute Gasteiger partial charge is 0.290 e. The first-order valence-corrected chi connectivity index (χ1v) is 5.03. The van der Waals surface area contributed by atoms with Crippen LogP contribution in [0.2, 0.25) is 0 Å². The Morgan fingerprint density at radius 2 is 2.00 bits per heavy atom. The fraction of sp³-hybridized carbons (Fsp3) is 0.500. The van der Waals surface area contributed by atoms with Crippen LogP contribution in [0.4, 0.5) is 0 Å². The summed E-state index contributed by atoms with van der Waals surface area (Å²) in [5.41, 5.74) is 3.01. The second-order valence-electron chi connectivity index (χ2n) is 4.14. The molecule has 0 fully saturated rings. The van der Waals surface area contributed by atoms with Crippen LogP contribution in [-0.4, -0.2) is 10.9 Å². The van der Waals surface area contributed by atoms with E-state index in [2.05, 4.69) is 49.9 Å². The van der Waals surface area contributed by atoms with Gasteiger partial charge in [0.15, 0.2) is 0 Å². The Kier molecular flexibility index (Phi) is 2.12. The topological polar surface area (TPSA) is 3.24 Å². The monoisotopic (exact) mass is 175 g/mol. The predicted molar refractivity (Wildman–Crippen MR) is 55.5 cm³/mol. The average molecular weight is 175 g/mol. The lowest BCUT2D eigenvalue weighted by molar-refractivity contribution is 0.180. The zero-order chi connectivity index (χ0) is 9.42. The van der Waals surface area contributed by atoms with Gasteiger partial charge in [-0.3, -0.25) is 4.90 Å². The van der Waals surface area contributed by atoms with Gasteiger partial charge in [-0.05, 0) is 31.9 Å². The van der Waals surface area contributed by atoms with Gasteiger partial charge in [-0.2, -0.15) is 0 Å². The minimum absolute atomic E-state index is 0.594. The number of rotatable bonds is 1. The fourth-order valence-corrected chi connectivity index (χ4v) is 2.23. The zero-order valence-electron chi connectivity index (χ0n) is 8.62. The van der Waals surface area contributed by atoms with Crippen molar-refractivity contribution >= 4 is 0 Å². The third-order valence-electron chi connectivity index (χ3n) is 3.02. The maximum absolute atomic E-state index is 2.53. The van der Waals surface area contributed by atoms with E-state index in [0.29, 0.717) is 12.1 Å². The summed E-state index contributed by atoms with van der Waals surface area (Å²) in [4.78, 5) is 2.53. The van der Waals surface area contributed by atoms with Crippen LogP contribution < -0.4 is 0 Å². The van der Waals surface area contributed by atoms with Crippen LogP contribution in [-0.2, 0) is 6.54 Å². The molecule has 1 aromatic carbocycles. The molecule has 0 bridgehead atoms. The summed E-state index contributed by atoms with van der Waals surface area (Å²) >= 11 is 0. The number of hydrogen-bond donors (Lipinski definition) is 0. The first kappa shape index (κ1) is 8.76. The molecule has 0 radical (unpaired) electrons. The number of benzene rings is 1. The molecule has 1 atom stereocenters. The first-order chi connectivity index (χ1) is 6.20. The van der Waals surface area contributed by atoms with Crippen LogP contribution >= 0.6 is 0 Å². The molecule has 0 saturated carbocycles. The van der Waals surface area contributed by atoms with E-state index in [1.165, 1.54) is 11.1 Å². The van der Waals surface area contributed by atoms with Crippen LogP contribution in [0.1, 0.15) is 37.9 Å². The van der Waals surface area contributed by atoms with Gasteiger partial charge < -0.3 is 0 Å². The molecule has 1 aliphatic heterocycles. The van der Waals surface area contributed by atoms with Crippen molar-refractivity contribution in [2.75, 3.05) is 0 Å². The lowest BCUT2D eigenvalue weighted by Gasteiger charge is -2.25. The van der Waals surface area contributed by atoms with Gasteiger partial charge in [0, 0.05) is 18.6 Å². The quantitative estimate of drug-likeness (QED) is 0.634. The van der Waals surface area contributed by atoms with E-state index >= 15 is 0 Å². The van der Waals surface area contributed by atoms with Gasteiger partial charge in [-0.1, -0.05) is 24.3 Å². The molecule has 2 rings (SSSR count). The van der Waals surface area contributed by atoms with Crippen LogP contribution in [0.5, 0.6) is 0 Å². The summed E-state index contributed by atoms with van der Waals surface area (Å²) in [6.07, 6.45) is 0. The summed E-state index contributed by atoms with van der Waals surface area (Å²) < 4.78 is 0. The van der Waals surface area contributed by atoms with E-state index in [1.807, 2.05) is 0 Å². The van der Waals surface area contributed by atoms with Crippen molar-refractivity contribution < 1.29 is 0 Å². The Bertz CT molecular complexity index is 304. The Morgan fingerprint density at radius 1 is 1.31 bits per heavy atom. The van der Waals surface area contributed by atoms with E-state index in [1.54, 1.807) is 0 Å². The highest BCUT2D eigenvalue weighted by atomic mass is 15.2. The lowest BCUT2D eigenvalue weighted by atomic mass is 10.1. The summed E-state index contributed by atoms with van der Waals surface area (Å²) in [5.74, 6) is 0. The van der Waals surface area contributed by atoms with Gasteiger partial charge in [-0.25, -0.2) is 0 Å². The molecule has 13 heavy (non-hydrogen) atoms. The minimum Gasteiger partial charge on any atom is -0.290 e. The molecule has 1 heterocycles. The van der Waals surface area contributed by atoms with Crippen molar-refractivity contribution in [3.8, 4) is 0 Å². The van der Waals surface area contributed by atoms with Crippen molar-refractivity contribution in [1.29, 1.82) is 0 Å². The van der Waals surface area contributed by atoms with Gasteiger partial charge in [0.2, 0.25) is 0 Å². The van der Waals surface area contributed by atoms with Crippen molar-refractivity contribution in [1.82, 2.24) is 4.90 Å². The van der Waals surface area contributed by atoms with Crippen LogP contribution in [0.15, 0.2) is 24.3 Å². The molecule has 0 saturated heterocycles. The van der Waals surface area contributed by atoms with Crippen LogP contribution in [0.3, 0.4) is 0 Å². The Balaban J connectivity index is 2.32. The molecule has 0 aromatic heterocycles. The van der Waals surface area contributed by atoms with Crippen LogP contribution in [0.25, 0.3) is 0 Å². The second-order valence-corrected chi connectivity index (χ2v) is 4.14. The Labute approximate surface area is 80.4 Å². The summed E-state index contributed by atoms with van der Waals surface area (Å²) in [6.45, 7) is 7.95. The normalized spacial score (nSPS) is 22.3. The number of fused-ring (bicyclic) bond motifs is 1. The molecule has 1 aliphatic rings. The van der Waals surface area contributed by atoms with E-state index in [-0.39, 0.29) is 0 Å². The molecule has 0 N–H and O–H groups in total. The molecule has 0 spiro atoms. The van der Waals surface area contributed by atoms with Crippen molar-refractivity contribution in [3.05, 3.63) is 35.4 Å². The smallest absolute Gasteiger partial charge is 0.0329 e. The van der Waals surface area contributed by atoms with Gasteiger partial charge in [0.05, 0.1) is 0 Å². The highest BCUT2D eigenvalue weighted by molar-refractivity contribution is 5.33. The molecule has 0 aliphatic carbocycles. The van der Waals surface area contributed by atoms with E-state index in [9.17, 15) is 0 Å². The predicted octanol–water partition coefficient (Wildman–Crippen LogP) is 2.97. The van der Waals surface area contributed by atoms with E-state index in [4.69, 9.17) is 0 Å². The maximum Gasteiger partial charge on any atom is 0.0329 e. The van der Waals surface area contributed by atoms with Crippen molar-refractivity contribution in [2.45, 2.75) is 39.4 Å². The molecular weight excluding hydrogens is 158 g/mol. The third-order valence-corrected chi connectivity index (χ3v) is 3.02. The summed E-state index contributed by atoms with van der Waals surface area (Å²) in [6, 6.07) is 10.0. The molecule has 0 amide bonds. The van der Waals surface area contributed by atoms with E-state index in [0.717, 1.165) is 6.54 Å². The SMILES string of the molecule is CC(C)N1Cc2ccccc2[C@@H]1C. The second kappa shape index (κ2) is 3.15. The van der Waals surface area contributed by atoms with Gasteiger partial charge in [0.25, 0.3) is 0 Å². The lowest BCUT2D eigenvalue weighted by Crippen LogP contribution is -2.27. The van der Waals surface area contributed by atoms with Crippen molar-refractivity contribution in [2.24, 2.45) is 0 Å². The highest BCUT2D eigenvalue weighted by Crippen LogP contribution is 2.34. The van der Waals surface area contributed by atoms with Crippen LogP contribution in [0, 0.1) is 0 Å². The fourth-order valence-electron chi connectivity index (χ4n) is 2.23. The molecule has 1 nitrogen and oxygen atoms in total. The highest BCUT2D eigenvalue weighted by Gasteiger charge is 2.27. The van der Waals surface area contributed by atoms with Gasteiger partial charge in [0.1, 0.15) is 0 Å². The number of nitrogens with zero attached hydrogens (tertiary/aromatic N) is 1. The molecular formula is C12H17N. The first-order valence-electron chi connectivity index (χ1n) is 5.03. The van der Waals surface area contributed by atoms with E-state index < -0.39 is 0 Å². The Hall–Kier alpha value is -0.820. The van der Waals surface area contributed by atoms with Crippen molar-refractivity contribution in [3.63, 3.8) is 0 Å². The molecule has 1 heteroatoms. The average Bonchev–Trinajstić information content (AvgIpc) is 2.45. The van der Waals surface area contributed by atoms with Gasteiger partial charge >= 0.3 is 0 Å². The standard InChI is InChI=1S/C12H17N/c1-9(2)13-8-11-6-4-5-7-12(11)10(13)3/h4-7,9-10H,8H2,1-3H3/t10-/m0/s1. The molecule has 0 unspecified atom stereocenters. The summed E-state index contributed by atoms with van der Waals surface area (Å²) in [5, 5.41) is 0. The minimum atomic E-state index is 0.594.